The number of ether oxygens (including phenoxy) is 3. The quantitative estimate of drug-likeness (QED) is 0.0261. The standard InChI is InChI=1S/C69H130O6/c1-4-7-10-13-16-19-22-25-27-29-31-33-34-35-36-37-39-40-42-44-47-50-53-56-59-62-68(71)74-65-66(64-73-67(70)61-58-55-52-49-46-24-21-18-15-12-9-6-3)75-69(72)63-60-57-54-51-48-45-43-41-38-32-30-28-26-23-20-17-14-11-8-5-2/h22,25,29,31,66H,4-21,23-24,26-28,30,32-65H2,1-3H3/b25-22-,31-29-. The van der Waals surface area contributed by atoms with Gasteiger partial charge in [-0.3, -0.25) is 14.4 Å². The number of carbonyl (C=O) groups is 3. The lowest BCUT2D eigenvalue weighted by Gasteiger charge is -2.18. The highest BCUT2D eigenvalue weighted by molar-refractivity contribution is 5.71. The van der Waals surface area contributed by atoms with E-state index in [1.165, 1.54) is 276 Å². The Morgan fingerprint density at radius 1 is 0.267 bits per heavy atom. The molecule has 0 aromatic carbocycles. The fourth-order valence-corrected chi connectivity index (χ4v) is 10.4. The van der Waals surface area contributed by atoms with E-state index in [4.69, 9.17) is 14.2 Å². The molecule has 442 valence electrons. The Bertz CT molecular complexity index is 1210. The second-order valence-electron chi connectivity index (χ2n) is 23.1. The second-order valence-corrected chi connectivity index (χ2v) is 23.1. The van der Waals surface area contributed by atoms with E-state index in [1.54, 1.807) is 0 Å². The first kappa shape index (κ1) is 72.9. The Balaban J connectivity index is 4.21. The second kappa shape index (κ2) is 64.4. The molecule has 0 saturated carbocycles. The van der Waals surface area contributed by atoms with E-state index in [2.05, 4.69) is 45.1 Å². The van der Waals surface area contributed by atoms with Gasteiger partial charge in [-0.05, 0) is 51.4 Å². The van der Waals surface area contributed by atoms with Crippen molar-refractivity contribution in [1.29, 1.82) is 0 Å². The summed E-state index contributed by atoms with van der Waals surface area (Å²) in [4.78, 5) is 38.3. The third-order valence-electron chi connectivity index (χ3n) is 15.5. The zero-order chi connectivity index (χ0) is 54.3. The van der Waals surface area contributed by atoms with E-state index in [1.807, 2.05) is 0 Å². The van der Waals surface area contributed by atoms with Crippen molar-refractivity contribution in [2.45, 2.75) is 386 Å². The van der Waals surface area contributed by atoms with Crippen LogP contribution < -0.4 is 0 Å². The number of unbranched alkanes of at least 4 members (excludes halogenated alkanes) is 48. The minimum atomic E-state index is -0.767. The lowest BCUT2D eigenvalue weighted by Crippen LogP contribution is -2.30. The summed E-state index contributed by atoms with van der Waals surface area (Å²) in [5.41, 5.74) is 0. The van der Waals surface area contributed by atoms with Crippen molar-refractivity contribution in [2.24, 2.45) is 0 Å². The summed E-state index contributed by atoms with van der Waals surface area (Å²) in [7, 11) is 0. The molecule has 0 bridgehead atoms. The van der Waals surface area contributed by atoms with Gasteiger partial charge in [0, 0.05) is 19.3 Å². The number of esters is 3. The molecule has 0 saturated heterocycles. The zero-order valence-corrected chi connectivity index (χ0v) is 50.8. The number of hydrogen-bond acceptors (Lipinski definition) is 6. The topological polar surface area (TPSA) is 78.9 Å². The Morgan fingerprint density at radius 2 is 0.480 bits per heavy atom. The van der Waals surface area contributed by atoms with Crippen LogP contribution in [0, 0.1) is 0 Å². The number of carbonyl (C=O) groups excluding carboxylic acids is 3. The van der Waals surface area contributed by atoms with Crippen molar-refractivity contribution in [3.63, 3.8) is 0 Å². The minimum absolute atomic E-state index is 0.0645. The van der Waals surface area contributed by atoms with Crippen LogP contribution in [0.3, 0.4) is 0 Å². The highest BCUT2D eigenvalue weighted by Crippen LogP contribution is 2.18. The molecule has 0 aliphatic carbocycles. The van der Waals surface area contributed by atoms with E-state index in [0.717, 1.165) is 64.2 Å². The van der Waals surface area contributed by atoms with Gasteiger partial charge in [-0.15, -0.1) is 0 Å². The van der Waals surface area contributed by atoms with E-state index >= 15 is 0 Å². The van der Waals surface area contributed by atoms with Crippen LogP contribution in [0.1, 0.15) is 380 Å². The van der Waals surface area contributed by atoms with Crippen molar-refractivity contribution in [3.05, 3.63) is 24.3 Å². The maximum atomic E-state index is 12.9. The monoisotopic (exact) mass is 1050 g/mol. The molecule has 0 rings (SSSR count). The van der Waals surface area contributed by atoms with Crippen LogP contribution in [0.25, 0.3) is 0 Å². The van der Waals surface area contributed by atoms with Gasteiger partial charge >= 0.3 is 17.9 Å². The normalized spacial score (nSPS) is 12.1. The third-order valence-corrected chi connectivity index (χ3v) is 15.5. The van der Waals surface area contributed by atoms with Gasteiger partial charge in [-0.25, -0.2) is 0 Å². The zero-order valence-electron chi connectivity index (χ0n) is 50.8. The Kier molecular flexibility index (Phi) is 62.6. The summed E-state index contributed by atoms with van der Waals surface area (Å²) >= 11 is 0. The Morgan fingerprint density at radius 3 is 0.733 bits per heavy atom. The molecule has 1 atom stereocenters. The average Bonchev–Trinajstić information content (AvgIpc) is 3.41. The Labute approximate surface area is 468 Å². The van der Waals surface area contributed by atoms with E-state index in [0.29, 0.717) is 19.3 Å². The fourth-order valence-electron chi connectivity index (χ4n) is 10.4. The van der Waals surface area contributed by atoms with Crippen LogP contribution in [0.4, 0.5) is 0 Å². The summed E-state index contributed by atoms with van der Waals surface area (Å²) in [5, 5.41) is 0. The molecule has 0 aliphatic heterocycles. The maximum absolute atomic E-state index is 12.9. The fraction of sp³-hybridized carbons (Fsp3) is 0.899. The molecule has 0 spiro atoms. The SMILES string of the molecule is CCCCCCC/C=C\C/C=C\CCCCCCCCCCCCCCCC(=O)OCC(COC(=O)CCCCCCCCCCCCCC)OC(=O)CCCCCCCCCCCCCCCCCCCCCC. The van der Waals surface area contributed by atoms with Gasteiger partial charge in [0.05, 0.1) is 0 Å². The summed E-state index contributed by atoms with van der Waals surface area (Å²) in [6.45, 7) is 6.70. The van der Waals surface area contributed by atoms with Crippen molar-refractivity contribution in [3.8, 4) is 0 Å². The van der Waals surface area contributed by atoms with Gasteiger partial charge in [0.25, 0.3) is 0 Å². The van der Waals surface area contributed by atoms with Crippen LogP contribution >= 0.6 is 0 Å². The summed E-state index contributed by atoms with van der Waals surface area (Å²) in [6, 6.07) is 0. The number of hydrogen-bond donors (Lipinski definition) is 0. The molecule has 0 aromatic heterocycles. The first-order chi connectivity index (χ1) is 37.0. The molecule has 1 unspecified atom stereocenters. The molecule has 75 heavy (non-hydrogen) atoms. The molecule has 0 aromatic rings. The van der Waals surface area contributed by atoms with E-state index in [-0.39, 0.29) is 31.1 Å². The van der Waals surface area contributed by atoms with Crippen LogP contribution in [0.2, 0.25) is 0 Å². The Hall–Kier alpha value is -2.11. The van der Waals surface area contributed by atoms with Crippen molar-refractivity contribution >= 4 is 17.9 Å². The molecule has 6 nitrogen and oxygen atoms in total. The summed E-state index contributed by atoms with van der Waals surface area (Å²) in [6.07, 6.45) is 77.7. The molecule has 0 N–H and O–H groups in total. The lowest BCUT2D eigenvalue weighted by molar-refractivity contribution is -0.167. The van der Waals surface area contributed by atoms with Crippen LogP contribution in [-0.2, 0) is 28.6 Å². The maximum Gasteiger partial charge on any atom is 0.306 e. The highest BCUT2D eigenvalue weighted by Gasteiger charge is 2.19. The van der Waals surface area contributed by atoms with Gasteiger partial charge in [-0.1, -0.05) is 334 Å². The summed E-state index contributed by atoms with van der Waals surface area (Å²) < 4.78 is 17.0. The largest absolute Gasteiger partial charge is 0.462 e. The van der Waals surface area contributed by atoms with E-state index < -0.39 is 6.10 Å². The van der Waals surface area contributed by atoms with Crippen molar-refractivity contribution in [1.82, 2.24) is 0 Å². The van der Waals surface area contributed by atoms with Crippen LogP contribution in [0.15, 0.2) is 24.3 Å². The lowest BCUT2D eigenvalue weighted by atomic mass is 10.0. The van der Waals surface area contributed by atoms with Gasteiger partial charge in [0.1, 0.15) is 13.2 Å². The minimum Gasteiger partial charge on any atom is -0.462 e. The molecule has 0 radical (unpaired) electrons. The van der Waals surface area contributed by atoms with E-state index in [9.17, 15) is 14.4 Å². The molecular formula is C69H130O6. The molecule has 6 heteroatoms. The van der Waals surface area contributed by atoms with Crippen molar-refractivity contribution < 1.29 is 28.6 Å². The molecule has 0 amide bonds. The molecular weight excluding hydrogens is 925 g/mol. The van der Waals surface area contributed by atoms with Gasteiger partial charge < -0.3 is 14.2 Å². The summed E-state index contributed by atoms with van der Waals surface area (Å²) in [5.74, 6) is -0.835. The highest BCUT2D eigenvalue weighted by atomic mass is 16.6. The van der Waals surface area contributed by atoms with Gasteiger partial charge in [0.2, 0.25) is 0 Å². The molecule has 0 fully saturated rings. The van der Waals surface area contributed by atoms with Gasteiger partial charge in [0.15, 0.2) is 6.10 Å². The predicted molar refractivity (Wildman–Crippen MR) is 326 cm³/mol. The first-order valence-electron chi connectivity index (χ1n) is 33.8. The molecule has 0 aliphatic rings. The number of allylic oxidation sites excluding steroid dienone is 4. The van der Waals surface area contributed by atoms with Crippen LogP contribution in [-0.4, -0.2) is 37.2 Å². The first-order valence-corrected chi connectivity index (χ1v) is 33.8. The van der Waals surface area contributed by atoms with Crippen LogP contribution in [0.5, 0.6) is 0 Å². The third kappa shape index (κ3) is 62.6. The predicted octanol–water partition coefficient (Wildman–Crippen LogP) is 23.0. The van der Waals surface area contributed by atoms with Gasteiger partial charge in [-0.2, -0.15) is 0 Å². The van der Waals surface area contributed by atoms with Crippen molar-refractivity contribution in [2.75, 3.05) is 13.2 Å². The smallest absolute Gasteiger partial charge is 0.306 e. The molecule has 0 heterocycles. The number of rotatable bonds is 63. The average molecular weight is 1060 g/mol.